The number of ether oxygens (including phenoxy) is 1. The van der Waals surface area contributed by atoms with Crippen LogP contribution in [0.5, 0.6) is 0 Å². The summed E-state index contributed by atoms with van der Waals surface area (Å²) in [5, 5.41) is 7.67. The van der Waals surface area contributed by atoms with Crippen molar-refractivity contribution >= 4 is 5.97 Å². The number of aromatic nitrogens is 3. The van der Waals surface area contributed by atoms with E-state index in [1.807, 2.05) is 24.3 Å². The molecule has 0 saturated carbocycles. The molecular formula is C13H15N3O2. The Hall–Kier alpha value is -2.17. The molecule has 0 saturated heterocycles. The summed E-state index contributed by atoms with van der Waals surface area (Å²) in [6.45, 7) is 4.19. The first-order valence-electron chi connectivity index (χ1n) is 5.93. The molecule has 0 fully saturated rings. The second-order valence-electron chi connectivity index (χ2n) is 3.77. The predicted octanol–water partition coefficient (Wildman–Crippen LogP) is 2.01. The molecule has 0 aliphatic heterocycles. The number of carbonyl (C=O) groups is 1. The van der Waals surface area contributed by atoms with Gasteiger partial charge >= 0.3 is 5.97 Å². The van der Waals surface area contributed by atoms with Crippen LogP contribution in [0.15, 0.2) is 30.5 Å². The van der Waals surface area contributed by atoms with Crippen LogP contribution in [-0.4, -0.2) is 27.6 Å². The van der Waals surface area contributed by atoms with Crippen LogP contribution in [0.4, 0.5) is 0 Å². The summed E-state index contributed by atoms with van der Waals surface area (Å²) in [7, 11) is 0. The van der Waals surface area contributed by atoms with Gasteiger partial charge in [-0.25, -0.2) is 9.48 Å². The van der Waals surface area contributed by atoms with E-state index in [-0.39, 0.29) is 0 Å². The average Bonchev–Trinajstić information content (AvgIpc) is 2.88. The van der Waals surface area contributed by atoms with E-state index in [0.29, 0.717) is 12.3 Å². The second kappa shape index (κ2) is 5.44. The highest BCUT2D eigenvalue weighted by Gasteiger charge is 2.15. The van der Waals surface area contributed by atoms with E-state index in [2.05, 4.69) is 17.2 Å². The van der Waals surface area contributed by atoms with Crippen molar-refractivity contribution in [1.82, 2.24) is 15.0 Å². The first-order chi connectivity index (χ1) is 8.76. The van der Waals surface area contributed by atoms with Gasteiger partial charge in [0.2, 0.25) is 0 Å². The van der Waals surface area contributed by atoms with E-state index in [9.17, 15) is 4.79 Å². The SMILES string of the molecule is CCOC(=O)c1cnnn1-c1ccc(CC)cc1. The van der Waals surface area contributed by atoms with Gasteiger partial charge in [-0.3, -0.25) is 0 Å². The molecule has 1 heterocycles. The van der Waals surface area contributed by atoms with Crippen LogP contribution in [0.1, 0.15) is 29.9 Å². The number of hydrogen-bond acceptors (Lipinski definition) is 4. The van der Waals surface area contributed by atoms with Crippen LogP contribution < -0.4 is 0 Å². The molecule has 94 valence electrons. The van der Waals surface area contributed by atoms with Gasteiger partial charge in [-0.15, -0.1) is 5.10 Å². The van der Waals surface area contributed by atoms with Gasteiger partial charge < -0.3 is 4.74 Å². The zero-order valence-corrected chi connectivity index (χ0v) is 10.5. The number of esters is 1. The fourth-order valence-electron chi connectivity index (χ4n) is 1.64. The summed E-state index contributed by atoms with van der Waals surface area (Å²) in [4.78, 5) is 11.7. The quantitative estimate of drug-likeness (QED) is 0.773. The Bertz CT molecular complexity index is 531. The molecule has 0 unspecified atom stereocenters. The van der Waals surface area contributed by atoms with Gasteiger partial charge in [-0.05, 0) is 31.0 Å². The minimum Gasteiger partial charge on any atom is -0.461 e. The van der Waals surface area contributed by atoms with Crippen molar-refractivity contribution < 1.29 is 9.53 Å². The number of carbonyl (C=O) groups excluding carboxylic acids is 1. The van der Waals surface area contributed by atoms with Gasteiger partial charge in [0.25, 0.3) is 0 Å². The lowest BCUT2D eigenvalue weighted by Crippen LogP contribution is -2.11. The van der Waals surface area contributed by atoms with Crippen molar-refractivity contribution in [3.05, 3.63) is 41.7 Å². The third-order valence-electron chi connectivity index (χ3n) is 2.62. The standard InChI is InChI=1S/C13H15N3O2/c1-3-10-5-7-11(8-6-10)16-12(9-14-15-16)13(17)18-4-2/h5-9H,3-4H2,1-2H3. The fourth-order valence-corrected chi connectivity index (χ4v) is 1.64. The molecule has 0 aliphatic rings. The summed E-state index contributed by atoms with van der Waals surface area (Å²) >= 11 is 0. The highest BCUT2D eigenvalue weighted by Crippen LogP contribution is 2.12. The Labute approximate surface area is 105 Å². The summed E-state index contributed by atoms with van der Waals surface area (Å²) in [6, 6.07) is 7.84. The summed E-state index contributed by atoms with van der Waals surface area (Å²) < 4.78 is 6.44. The second-order valence-corrected chi connectivity index (χ2v) is 3.77. The molecule has 2 aromatic rings. The van der Waals surface area contributed by atoms with Gasteiger partial charge in [0.1, 0.15) is 0 Å². The highest BCUT2D eigenvalue weighted by molar-refractivity contribution is 5.87. The third kappa shape index (κ3) is 2.40. The van der Waals surface area contributed by atoms with Crippen LogP contribution in [0.25, 0.3) is 5.69 Å². The first kappa shape index (κ1) is 12.3. The smallest absolute Gasteiger partial charge is 0.358 e. The van der Waals surface area contributed by atoms with Crippen molar-refractivity contribution in [2.75, 3.05) is 6.61 Å². The monoisotopic (exact) mass is 245 g/mol. The largest absolute Gasteiger partial charge is 0.461 e. The van der Waals surface area contributed by atoms with Crippen molar-refractivity contribution in [2.24, 2.45) is 0 Å². The maximum absolute atomic E-state index is 11.7. The Morgan fingerprint density at radius 3 is 2.61 bits per heavy atom. The maximum Gasteiger partial charge on any atom is 0.358 e. The molecule has 0 atom stereocenters. The lowest BCUT2D eigenvalue weighted by atomic mass is 10.1. The number of hydrogen-bond donors (Lipinski definition) is 0. The number of rotatable bonds is 4. The van der Waals surface area contributed by atoms with Gasteiger partial charge in [0, 0.05) is 0 Å². The van der Waals surface area contributed by atoms with Crippen LogP contribution in [-0.2, 0) is 11.2 Å². The summed E-state index contributed by atoms with van der Waals surface area (Å²) in [6.07, 6.45) is 2.38. The van der Waals surface area contributed by atoms with E-state index < -0.39 is 5.97 Å². The average molecular weight is 245 g/mol. The predicted molar refractivity (Wildman–Crippen MR) is 66.7 cm³/mol. The van der Waals surface area contributed by atoms with Crippen molar-refractivity contribution in [2.45, 2.75) is 20.3 Å². The molecule has 0 bridgehead atoms. The molecule has 5 nitrogen and oxygen atoms in total. The molecule has 18 heavy (non-hydrogen) atoms. The molecule has 0 aliphatic carbocycles. The van der Waals surface area contributed by atoms with Crippen LogP contribution >= 0.6 is 0 Å². The Kier molecular flexibility index (Phi) is 3.72. The first-order valence-corrected chi connectivity index (χ1v) is 5.93. The Morgan fingerprint density at radius 2 is 2.00 bits per heavy atom. The Morgan fingerprint density at radius 1 is 1.28 bits per heavy atom. The summed E-state index contributed by atoms with van der Waals surface area (Å²) in [5.74, 6) is -0.415. The lowest BCUT2D eigenvalue weighted by molar-refractivity contribution is 0.0515. The summed E-state index contributed by atoms with van der Waals surface area (Å²) in [5.41, 5.74) is 2.37. The molecular weight excluding hydrogens is 230 g/mol. The molecule has 0 spiro atoms. The zero-order chi connectivity index (χ0) is 13.0. The highest BCUT2D eigenvalue weighted by atomic mass is 16.5. The molecule has 0 N–H and O–H groups in total. The van der Waals surface area contributed by atoms with E-state index in [1.54, 1.807) is 6.92 Å². The zero-order valence-electron chi connectivity index (χ0n) is 10.5. The van der Waals surface area contributed by atoms with Gasteiger partial charge in [-0.1, -0.05) is 24.3 Å². The Balaban J connectivity index is 2.32. The van der Waals surface area contributed by atoms with E-state index in [4.69, 9.17) is 4.74 Å². The van der Waals surface area contributed by atoms with E-state index in [0.717, 1.165) is 12.1 Å². The van der Waals surface area contributed by atoms with E-state index in [1.165, 1.54) is 16.4 Å². The third-order valence-corrected chi connectivity index (χ3v) is 2.62. The topological polar surface area (TPSA) is 57.0 Å². The molecule has 1 aromatic heterocycles. The van der Waals surface area contributed by atoms with Crippen molar-refractivity contribution in [3.8, 4) is 5.69 Å². The minimum atomic E-state index is -0.415. The normalized spacial score (nSPS) is 10.3. The molecule has 5 heteroatoms. The molecule has 2 rings (SSSR count). The fraction of sp³-hybridized carbons (Fsp3) is 0.308. The molecule has 0 radical (unpaired) electrons. The van der Waals surface area contributed by atoms with Crippen LogP contribution in [0.2, 0.25) is 0 Å². The molecule has 0 amide bonds. The van der Waals surface area contributed by atoms with Crippen molar-refractivity contribution in [1.29, 1.82) is 0 Å². The van der Waals surface area contributed by atoms with Crippen LogP contribution in [0.3, 0.4) is 0 Å². The van der Waals surface area contributed by atoms with Gasteiger partial charge in [-0.2, -0.15) is 0 Å². The minimum absolute atomic E-state index is 0.332. The number of aryl methyl sites for hydroxylation is 1. The van der Waals surface area contributed by atoms with Crippen molar-refractivity contribution in [3.63, 3.8) is 0 Å². The number of nitrogens with zero attached hydrogens (tertiary/aromatic N) is 3. The van der Waals surface area contributed by atoms with E-state index >= 15 is 0 Å². The number of benzene rings is 1. The van der Waals surface area contributed by atoms with Crippen LogP contribution in [0, 0.1) is 0 Å². The van der Waals surface area contributed by atoms with Gasteiger partial charge in [0.05, 0.1) is 18.5 Å². The lowest BCUT2D eigenvalue weighted by Gasteiger charge is -2.06. The maximum atomic E-state index is 11.7. The van der Waals surface area contributed by atoms with Gasteiger partial charge in [0.15, 0.2) is 5.69 Å². The molecule has 1 aromatic carbocycles.